The Balaban J connectivity index is 2.19. The van der Waals surface area contributed by atoms with Crippen molar-refractivity contribution >= 4 is 0 Å². The first-order valence-corrected chi connectivity index (χ1v) is 5.61. The fraction of sp³-hybridized carbons (Fsp3) is 0.818. The molecule has 0 bridgehead atoms. The molecule has 1 aromatic rings. The molecule has 4 nitrogen and oxygen atoms in total. The number of aromatic nitrogens is 2. The van der Waals surface area contributed by atoms with Gasteiger partial charge in [0.15, 0.2) is 5.82 Å². The summed E-state index contributed by atoms with van der Waals surface area (Å²) in [5.74, 6) is 1.40. The molecular weight excluding hydrogens is 190 g/mol. The average molecular weight is 209 g/mol. The van der Waals surface area contributed by atoms with Crippen LogP contribution in [0, 0.1) is 0 Å². The minimum atomic E-state index is -0.481. The summed E-state index contributed by atoms with van der Waals surface area (Å²) >= 11 is 0. The van der Waals surface area contributed by atoms with Gasteiger partial charge < -0.3 is 10.3 Å². The minimum Gasteiger partial charge on any atom is -0.337 e. The summed E-state index contributed by atoms with van der Waals surface area (Å²) in [5.41, 5.74) is 5.81. The zero-order chi connectivity index (χ0) is 11.1. The third-order valence-corrected chi connectivity index (χ3v) is 3.22. The molecule has 0 aliphatic heterocycles. The van der Waals surface area contributed by atoms with Crippen LogP contribution in [0.3, 0.4) is 0 Å². The van der Waals surface area contributed by atoms with Crippen LogP contribution in [-0.4, -0.2) is 10.1 Å². The van der Waals surface area contributed by atoms with Crippen LogP contribution >= 0.6 is 0 Å². The number of hydrogen-bond donors (Lipinski definition) is 1. The molecule has 0 radical (unpaired) electrons. The first kappa shape index (κ1) is 10.6. The SMILES string of the molecule is CCCC(C)(N)c1nc(C2(C)CC2)no1. The van der Waals surface area contributed by atoms with Gasteiger partial charge in [-0.1, -0.05) is 25.4 Å². The maximum Gasteiger partial charge on any atom is 0.246 e. The van der Waals surface area contributed by atoms with Crippen LogP contribution < -0.4 is 5.73 Å². The van der Waals surface area contributed by atoms with E-state index in [2.05, 4.69) is 24.0 Å². The predicted molar refractivity (Wildman–Crippen MR) is 57.3 cm³/mol. The van der Waals surface area contributed by atoms with Gasteiger partial charge in [0.1, 0.15) is 0 Å². The lowest BCUT2D eigenvalue weighted by molar-refractivity contribution is 0.281. The zero-order valence-corrected chi connectivity index (χ0v) is 9.71. The van der Waals surface area contributed by atoms with E-state index in [9.17, 15) is 0 Å². The Labute approximate surface area is 90.2 Å². The van der Waals surface area contributed by atoms with E-state index in [0.717, 1.165) is 31.5 Å². The van der Waals surface area contributed by atoms with Crippen molar-refractivity contribution in [1.82, 2.24) is 10.1 Å². The van der Waals surface area contributed by atoms with Gasteiger partial charge in [-0.2, -0.15) is 4.98 Å². The quantitative estimate of drug-likeness (QED) is 0.824. The average Bonchev–Trinajstić information content (AvgIpc) is 2.72. The van der Waals surface area contributed by atoms with Gasteiger partial charge in [-0.15, -0.1) is 0 Å². The smallest absolute Gasteiger partial charge is 0.246 e. The first-order chi connectivity index (χ1) is 6.98. The van der Waals surface area contributed by atoms with Crippen LogP contribution in [0.15, 0.2) is 4.52 Å². The molecule has 1 aliphatic rings. The van der Waals surface area contributed by atoms with E-state index in [1.807, 2.05) is 6.92 Å². The first-order valence-electron chi connectivity index (χ1n) is 5.61. The lowest BCUT2D eigenvalue weighted by Gasteiger charge is -2.18. The molecule has 1 heterocycles. The normalized spacial score (nSPS) is 22.4. The molecular formula is C11H19N3O. The molecule has 1 unspecified atom stereocenters. The molecule has 84 valence electrons. The fourth-order valence-corrected chi connectivity index (χ4v) is 1.74. The second-order valence-electron chi connectivity index (χ2n) is 5.15. The Bertz CT molecular complexity index is 352. The maximum absolute atomic E-state index is 6.13. The Morgan fingerprint density at radius 1 is 1.53 bits per heavy atom. The number of hydrogen-bond acceptors (Lipinski definition) is 4. The third kappa shape index (κ3) is 1.91. The Kier molecular flexibility index (Phi) is 2.34. The molecule has 1 atom stereocenters. The second kappa shape index (κ2) is 3.30. The van der Waals surface area contributed by atoms with Gasteiger partial charge in [0.2, 0.25) is 5.89 Å². The van der Waals surface area contributed by atoms with Crippen LogP contribution in [0.4, 0.5) is 0 Å². The molecule has 0 spiro atoms. The van der Waals surface area contributed by atoms with Crippen molar-refractivity contribution in [3.05, 3.63) is 11.7 Å². The van der Waals surface area contributed by atoms with Crippen molar-refractivity contribution < 1.29 is 4.52 Å². The van der Waals surface area contributed by atoms with Gasteiger partial charge in [0, 0.05) is 5.41 Å². The molecule has 1 aromatic heterocycles. The van der Waals surface area contributed by atoms with Crippen molar-refractivity contribution in [3.63, 3.8) is 0 Å². The Morgan fingerprint density at radius 2 is 2.20 bits per heavy atom. The number of nitrogens with zero attached hydrogens (tertiary/aromatic N) is 2. The van der Waals surface area contributed by atoms with E-state index in [0.29, 0.717) is 5.89 Å². The molecule has 0 amide bonds. The molecule has 1 saturated carbocycles. The van der Waals surface area contributed by atoms with Crippen molar-refractivity contribution in [1.29, 1.82) is 0 Å². The summed E-state index contributed by atoms with van der Waals surface area (Å²) in [5, 5.41) is 4.03. The molecule has 0 aromatic carbocycles. The van der Waals surface area contributed by atoms with Gasteiger partial charge in [-0.3, -0.25) is 0 Å². The molecule has 0 saturated heterocycles. The number of nitrogens with two attached hydrogens (primary N) is 1. The molecule has 2 rings (SSSR count). The Hall–Kier alpha value is -0.900. The summed E-state index contributed by atoms with van der Waals surface area (Å²) in [6.07, 6.45) is 4.19. The maximum atomic E-state index is 6.13. The lowest BCUT2D eigenvalue weighted by atomic mass is 9.97. The van der Waals surface area contributed by atoms with E-state index >= 15 is 0 Å². The highest BCUT2D eigenvalue weighted by Crippen LogP contribution is 2.46. The van der Waals surface area contributed by atoms with Crippen molar-refractivity contribution in [3.8, 4) is 0 Å². The zero-order valence-electron chi connectivity index (χ0n) is 9.71. The lowest BCUT2D eigenvalue weighted by Crippen LogP contribution is -2.33. The van der Waals surface area contributed by atoms with E-state index in [4.69, 9.17) is 10.3 Å². The van der Waals surface area contributed by atoms with Gasteiger partial charge in [0.25, 0.3) is 0 Å². The van der Waals surface area contributed by atoms with Crippen LogP contribution in [0.2, 0.25) is 0 Å². The van der Waals surface area contributed by atoms with E-state index in [-0.39, 0.29) is 5.41 Å². The Morgan fingerprint density at radius 3 is 2.73 bits per heavy atom. The fourth-order valence-electron chi connectivity index (χ4n) is 1.74. The molecule has 15 heavy (non-hydrogen) atoms. The van der Waals surface area contributed by atoms with Gasteiger partial charge in [0.05, 0.1) is 5.54 Å². The van der Waals surface area contributed by atoms with Crippen LogP contribution in [0.25, 0.3) is 0 Å². The highest BCUT2D eigenvalue weighted by Gasteiger charge is 2.44. The number of rotatable bonds is 4. The molecule has 1 aliphatic carbocycles. The second-order valence-corrected chi connectivity index (χ2v) is 5.15. The highest BCUT2D eigenvalue weighted by molar-refractivity contribution is 5.15. The summed E-state index contributed by atoms with van der Waals surface area (Å²) < 4.78 is 5.26. The molecule has 1 fully saturated rings. The van der Waals surface area contributed by atoms with Crippen LogP contribution in [-0.2, 0) is 11.0 Å². The monoisotopic (exact) mass is 209 g/mol. The van der Waals surface area contributed by atoms with Gasteiger partial charge in [-0.25, -0.2) is 0 Å². The summed E-state index contributed by atoms with van der Waals surface area (Å²) in [7, 11) is 0. The third-order valence-electron chi connectivity index (χ3n) is 3.22. The van der Waals surface area contributed by atoms with E-state index < -0.39 is 5.54 Å². The van der Waals surface area contributed by atoms with Crippen molar-refractivity contribution in [2.45, 2.75) is 57.4 Å². The highest BCUT2D eigenvalue weighted by atomic mass is 16.5. The summed E-state index contributed by atoms with van der Waals surface area (Å²) in [6, 6.07) is 0. The summed E-state index contributed by atoms with van der Waals surface area (Å²) in [4.78, 5) is 4.43. The van der Waals surface area contributed by atoms with E-state index in [1.165, 1.54) is 0 Å². The van der Waals surface area contributed by atoms with Crippen molar-refractivity contribution in [2.24, 2.45) is 5.73 Å². The topological polar surface area (TPSA) is 64.9 Å². The predicted octanol–water partition coefficient (Wildman–Crippen LogP) is 2.10. The summed E-state index contributed by atoms with van der Waals surface area (Å²) in [6.45, 7) is 6.21. The van der Waals surface area contributed by atoms with Gasteiger partial charge in [-0.05, 0) is 26.2 Å². The van der Waals surface area contributed by atoms with Gasteiger partial charge >= 0.3 is 0 Å². The van der Waals surface area contributed by atoms with Crippen molar-refractivity contribution in [2.75, 3.05) is 0 Å². The van der Waals surface area contributed by atoms with E-state index in [1.54, 1.807) is 0 Å². The molecule has 4 heteroatoms. The van der Waals surface area contributed by atoms with Crippen LogP contribution in [0.5, 0.6) is 0 Å². The minimum absolute atomic E-state index is 0.157. The van der Waals surface area contributed by atoms with Crippen LogP contribution in [0.1, 0.15) is 58.2 Å². The molecule has 2 N–H and O–H groups in total. The largest absolute Gasteiger partial charge is 0.337 e. The standard InChI is InChI=1S/C11H19N3O/c1-4-5-11(3,12)9-13-8(14-15-9)10(2)6-7-10/h4-7,12H2,1-3H3.